The molecule has 0 aliphatic rings. The molecule has 0 N–H and O–H groups in total. The average Bonchev–Trinajstić information content (AvgIpc) is 2.45. The Morgan fingerprint density at radius 1 is 0.944 bits per heavy atom. The number of rotatable bonds is 5. The molecule has 0 amide bonds. The molecule has 0 spiro atoms. The second-order valence-corrected chi connectivity index (χ2v) is 4.14. The van der Waals surface area contributed by atoms with E-state index in [2.05, 4.69) is 35.8 Å². The lowest BCUT2D eigenvalue weighted by Crippen LogP contribution is -1.95. The molecule has 0 bridgehead atoms. The topological polar surface area (TPSA) is 12.4 Å². The van der Waals surface area contributed by atoms with Crippen LogP contribution in [-0.4, -0.2) is 6.21 Å². The molecule has 0 radical (unpaired) electrons. The first-order valence-electron chi connectivity index (χ1n) is 6.14. The van der Waals surface area contributed by atoms with Gasteiger partial charge in [-0.15, -0.1) is 6.58 Å². The van der Waals surface area contributed by atoms with Crippen LogP contribution in [0.15, 0.2) is 78.3 Å². The van der Waals surface area contributed by atoms with Gasteiger partial charge in [0.05, 0.1) is 6.04 Å². The van der Waals surface area contributed by atoms with Crippen molar-refractivity contribution < 1.29 is 0 Å². The Morgan fingerprint density at radius 3 is 2.17 bits per heavy atom. The third-order valence-electron chi connectivity index (χ3n) is 2.78. The quantitative estimate of drug-likeness (QED) is 0.537. The van der Waals surface area contributed by atoms with Crippen LogP contribution in [0.25, 0.3) is 0 Å². The van der Waals surface area contributed by atoms with Crippen LogP contribution in [0.3, 0.4) is 0 Å². The Kier molecular flexibility index (Phi) is 4.48. The lowest BCUT2D eigenvalue weighted by Gasteiger charge is -2.10. The fourth-order valence-electron chi connectivity index (χ4n) is 1.83. The molecule has 0 heterocycles. The van der Waals surface area contributed by atoms with Crippen LogP contribution in [0.2, 0.25) is 0 Å². The third kappa shape index (κ3) is 3.42. The zero-order chi connectivity index (χ0) is 12.6. The van der Waals surface area contributed by atoms with E-state index in [0.717, 1.165) is 12.0 Å². The van der Waals surface area contributed by atoms with E-state index in [9.17, 15) is 0 Å². The Hall–Kier alpha value is -2.15. The van der Waals surface area contributed by atoms with Crippen LogP contribution >= 0.6 is 0 Å². The Balaban J connectivity index is 2.17. The van der Waals surface area contributed by atoms with Crippen LogP contribution in [0.4, 0.5) is 0 Å². The van der Waals surface area contributed by atoms with E-state index < -0.39 is 0 Å². The largest absolute Gasteiger partial charge is 0.284 e. The van der Waals surface area contributed by atoms with Crippen molar-refractivity contribution in [1.82, 2.24) is 0 Å². The average molecular weight is 235 g/mol. The second kappa shape index (κ2) is 6.55. The van der Waals surface area contributed by atoms with Gasteiger partial charge in [0.25, 0.3) is 0 Å². The first kappa shape index (κ1) is 12.3. The third-order valence-corrected chi connectivity index (χ3v) is 2.78. The van der Waals surface area contributed by atoms with Gasteiger partial charge < -0.3 is 0 Å². The highest BCUT2D eigenvalue weighted by Crippen LogP contribution is 2.21. The van der Waals surface area contributed by atoms with Crippen LogP contribution in [0, 0.1) is 0 Å². The summed E-state index contributed by atoms with van der Waals surface area (Å²) in [5, 5.41) is 0. The van der Waals surface area contributed by atoms with Crippen LogP contribution in [0.5, 0.6) is 0 Å². The SMILES string of the molecule is C=CCC(N=Cc1ccccc1)c1ccccc1. The number of aliphatic imine (C=N–C) groups is 1. The molecule has 1 heteroatoms. The molecule has 0 aromatic heterocycles. The van der Waals surface area contributed by atoms with Gasteiger partial charge in [0.2, 0.25) is 0 Å². The molecule has 90 valence electrons. The van der Waals surface area contributed by atoms with Crippen LogP contribution < -0.4 is 0 Å². The van der Waals surface area contributed by atoms with E-state index in [0.29, 0.717) is 0 Å². The summed E-state index contributed by atoms with van der Waals surface area (Å²) in [7, 11) is 0. The molecule has 1 atom stereocenters. The number of hydrogen-bond acceptors (Lipinski definition) is 1. The van der Waals surface area contributed by atoms with E-state index in [1.54, 1.807) is 0 Å². The van der Waals surface area contributed by atoms with Crippen LogP contribution in [-0.2, 0) is 0 Å². The summed E-state index contributed by atoms with van der Waals surface area (Å²) in [5.74, 6) is 0. The zero-order valence-corrected chi connectivity index (χ0v) is 10.4. The standard InChI is InChI=1S/C17H17N/c1-2-9-17(16-12-7-4-8-13-16)18-14-15-10-5-3-6-11-15/h2-8,10-14,17H,1,9H2. The lowest BCUT2D eigenvalue weighted by molar-refractivity contribution is 0.748. The molecule has 2 aromatic rings. The monoisotopic (exact) mass is 235 g/mol. The van der Waals surface area contributed by atoms with Crippen molar-refractivity contribution in [2.45, 2.75) is 12.5 Å². The summed E-state index contributed by atoms with van der Waals surface area (Å²) in [6.45, 7) is 3.81. The minimum atomic E-state index is 0.156. The molecule has 18 heavy (non-hydrogen) atoms. The predicted octanol–water partition coefficient (Wildman–Crippen LogP) is 4.42. The van der Waals surface area contributed by atoms with Crippen molar-refractivity contribution in [3.05, 3.63) is 84.4 Å². The highest BCUT2D eigenvalue weighted by Gasteiger charge is 2.05. The molecule has 0 aliphatic carbocycles. The molecular weight excluding hydrogens is 218 g/mol. The van der Waals surface area contributed by atoms with Crippen molar-refractivity contribution in [2.24, 2.45) is 4.99 Å². The van der Waals surface area contributed by atoms with Crippen molar-refractivity contribution >= 4 is 6.21 Å². The van der Waals surface area contributed by atoms with Gasteiger partial charge >= 0.3 is 0 Å². The summed E-state index contributed by atoms with van der Waals surface area (Å²) in [6, 6.07) is 20.6. The molecule has 0 fully saturated rings. The number of hydrogen-bond donors (Lipinski definition) is 0. The second-order valence-electron chi connectivity index (χ2n) is 4.14. The summed E-state index contributed by atoms with van der Waals surface area (Å²) >= 11 is 0. The van der Waals surface area contributed by atoms with Gasteiger partial charge in [-0.2, -0.15) is 0 Å². The Morgan fingerprint density at radius 2 is 1.56 bits per heavy atom. The van der Waals surface area contributed by atoms with Gasteiger partial charge in [-0.25, -0.2) is 0 Å². The number of benzene rings is 2. The molecule has 1 nitrogen and oxygen atoms in total. The summed E-state index contributed by atoms with van der Waals surface area (Å²) < 4.78 is 0. The van der Waals surface area contributed by atoms with Crippen molar-refractivity contribution in [1.29, 1.82) is 0 Å². The maximum atomic E-state index is 4.66. The molecule has 0 aliphatic heterocycles. The van der Waals surface area contributed by atoms with Gasteiger partial charge in [0.1, 0.15) is 0 Å². The molecular formula is C17H17N. The van der Waals surface area contributed by atoms with Gasteiger partial charge in [-0.1, -0.05) is 66.7 Å². The van der Waals surface area contributed by atoms with E-state index in [1.807, 2.05) is 48.7 Å². The molecule has 2 rings (SSSR count). The fraction of sp³-hybridized carbons (Fsp3) is 0.118. The normalized spacial score (nSPS) is 12.4. The van der Waals surface area contributed by atoms with Gasteiger partial charge in [0, 0.05) is 6.21 Å². The maximum Gasteiger partial charge on any atom is 0.0783 e. The van der Waals surface area contributed by atoms with Gasteiger partial charge in [-0.3, -0.25) is 4.99 Å². The highest BCUT2D eigenvalue weighted by atomic mass is 14.8. The molecule has 0 saturated heterocycles. The fourth-order valence-corrected chi connectivity index (χ4v) is 1.83. The molecule has 1 unspecified atom stereocenters. The minimum absolute atomic E-state index is 0.156. The summed E-state index contributed by atoms with van der Waals surface area (Å²) in [6.07, 6.45) is 4.70. The zero-order valence-electron chi connectivity index (χ0n) is 10.4. The van der Waals surface area contributed by atoms with Gasteiger partial charge in [0.15, 0.2) is 0 Å². The van der Waals surface area contributed by atoms with E-state index in [1.165, 1.54) is 5.56 Å². The highest BCUT2D eigenvalue weighted by molar-refractivity contribution is 5.79. The first-order valence-corrected chi connectivity index (χ1v) is 6.14. The smallest absolute Gasteiger partial charge is 0.0783 e. The lowest BCUT2D eigenvalue weighted by atomic mass is 10.0. The van der Waals surface area contributed by atoms with Crippen molar-refractivity contribution in [3.8, 4) is 0 Å². The maximum absolute atomic E-state index is 4.66. The van der Waals surface area contributed by atoms with E-state index >= 15 is 0 Å². The first-order chi connectivity index (χ1) is 8.90. The minimum Gasteiger partial charge on any atom is -0.284 e. The van der Waals surface area contributed by atoms with Crippen LogP contribution in [0.1, 0.15) is 23.6 Å². The number of nitrogens with zero attached hydrogens (tertiary/aromatic N) is 1. The van der Waals surface area contributed by atoms with Crippen molar-refractivity contribution in [3.63, 3.8) is 0 Å². The Bertz CT molecular complexity index is 500. The van der Waals surface area contributed by atoms with Crippen molar-refractivity contribution in [2.75, 3.05) is 0 Å². The van der Waals surface area contributed by atoms with Gasteiger partial charge in [-0.05, 0) is 17.5 Å². The molecule has 2 aromatic carbocycles. The van der Waals surface area contributed by atoms with E-state index in [-0.39, 0.29) is 6.04 Å². The molecule has 0 saturated carbocycles. The Labute approximate surface area is 109 Å². The summed E-state index contributed by atoms with van der Waals surface area (Å²) in [4.78, 5) is 4.66. The van der Waals surface area contributed by atoms with E-state index in [4.69, 9.17) is 0 Å². The predicted molar refractivity (Wildman–Crippen MR) is 78.0 cm³/mol. The summed E-state index contributed by atoms with van der Waals surface area (Å²) in [5.41, 5.74) is 2.35.